The Bertz CT molecular complexity index is 1050. The fourth-order valence-corrected chi connectivity index (χ4v) is 3.65. The third-order valence-corrected chi connectivity index (χ3v) is 5.60. The number of aromatic nitrogens is 1. The number of methoxy groups -OCH3 is 1. The third kappa shape index (κ3) is 3.74. The SMILES string of the molecule is COc1ccc(C2(C(=O)Nc3ccc(C)c(-c4cccc(CN)c4)n3)CC2)cc1.[HH].[HH]. The highest BCUT2D eigenvalue weighted by Crippen LogP contribution is 2.49. The van der Waals surface area contributed by atoms with E-state index in [0.717, 1.165) is 46.5 Å². The maximum Gasteiger partial charge on any atom is 0.236 e. The van der Waals surface area contributed by atoms with Gasteiger partial charge in [-0.3, -0.25) is 4.79 Å². The first-order valence-electron chi connectivity index (χ1n) is 9.79. The first-order valence-corrected chi connectivity index (χ1v) is 9.79. The number of ether oxygens (including phenoxy) is 1. The second-order valence-corrected chi connectivity index (χ2v) is 7.53. The van der Waals surface area contributed by atoms with Crippen LogP contribution in [0.1, 0.15) is 32.4 Å². The van der Waals surface area contributed by atoms with Gasteiger partial charge in [0.05, 0.1) is 18.2 Å². The Hall–Kier alpha value is -3.18. The summed E-state index contributed by atoms with van der Waals surface area (Å²) in [7, 11) is 1.64. The van der Waals surface area contributed by atoms with Gasteiger partial charge in [0, 0.05) is 15.0 Å². The number of nitrogens with two attached hydrogens (primary N) is 1. The van der Waals surface area contributed by atoms with Crippen LogP contribution in [0.2, 0.25) is 0 Å². The monoisotopic (exact) mass is 391 g/mol. The molecule has 1 aliphatic carbocycles. The molecule has 0 saturated heterocycles. The fraction of sp³-hybridized carbons (Fsp3) is 0.250. The van der Waals surface area contributed by atoms with Crippen LogP contribution in [0.25, 0.3) is 11.3 Å². The molecule has 1 aliphatic rings. The van der Waals surface area contributed by atoms with E-state index in [1.54, 1.807) is 7.11 Å². The Labute approximate surface area is 173 Å². The van der Waals surface area contributed by atoms with Crippen molar-refractivity contribution in [3.63, 3.8) is 0 Å². The van der Waals surface area contributed by atoms with Gasteiger partial charge in [-0.2, -0.15) is 0 Å². The molecule has 3 aromatic rings. The molecular formula is C24H29N3O2. The molecule has 4 rings (SSSR count). The lowest BCUT2D eigenvalue weighted by Crippen LogP contribution is -2.28. The minimum Gasteiger partial charge on any atom is -0.497 e. The second kappa shape index (κ2) is 7.68. The number of hydrogen-bond acceptors (Lipinski definition) is 4. The highest BCUT2D eigenvalue weighted by Gasteiger charge is 2.51. The summed E-state index contributed by atoms with van der Waals surface area (Å²) in [5.74, 6) is 1.34. The van der Waals surface area contributed by atoms with Crippen molar-refractivity contribution < 1.29 is 12.4 Å². The van der Waals surface area contributed by atoms with Gasteiger partial charge < -0.3 is 15.8 Å². The van der Waals surface area contributed by atoms with Crippen LogP contribution in [0.5, 0.6) is 5.75 Å². The molecule has 5 heteroatoms. The zero-order valence-corrected chi connectivity index (χ0v) is 16.7. The molecule has 5 nitrogen and oxygen atoms in total. The van der Waals surface area contributed by atoms with Gasteiger partial charge in [-0.25, -0.2) is 4.98 Å². The Morgan fingerprint density at radius 3 is 2.59 bits per heavy atom. The van der Waals surface area contributed by atoms with Crippen LogP contribution in [0.4, 0.5) is 5.82 Å². The Morgan fingerprint density at radius 1 is 1.17 bits per heavy atom. The highest BCUT2D eigenvalue weighted by molar-refractivity contribution is 6.01. The van der Waals surface area contributed by atoms with Gasteiger partial charge >= 0.3 is 0 Å². The van der Waals surface area contributed by atoms with E-state index in [-0.39, 0.29) is 8.76 Å². The number of rotatable bonds is 6. The third-order valence-electron chi connectivity index (χ3n) is 5.60. The molecule has 0 aliphatic heterocycles. The summed E-state index contributed by atoms with van der Waals surface area (Å²) in [6.45, 7) is 2.50. The molecule has 0 bridgehead atoms. The zero-order valence-electron chi connectivity index (χ0n) is 16.7. The van der Waals surface area contributed by atoms with Crippen molar-refractivity contribution in [1.82, 2.24) is 4.98 Å². The van der Waals surface area contributed by atoms with E-state index in [4.69, 9.17) is 15.5 Å². The average molecular weight is 392 g/mol. The van der Waals surface area contributed by atoms with E-state index in [1.165, 1.54) is 0 Å². The smallest absolute Gasteiger partial charge is 0.236 e. The Morgan fingerprint density at radius 2 is 1.93 bits per heavy atom. The minimum atomic E-state index is -0.474. The van der Waals surface area contributed by atoms with Crippen molar-refractivity contribution in [3.8, 4) is 17.0 Å². The maximum atomic E-state index is 13.1. The van der Waals surface area contributed by atoms with Crippen molar-refractivity contribution in [1.29, 1.82) is 0 Å². The van der Waals surface area contributed by atoms with Crippen molar-refractivity contribution in [2.45, 2.75) is 31.7 Å². The van der Waals surface area contributed by atoms with Gasteiger partial charge in [0.2, 0.25) is 5.91 Å². The topological polar surface area (TPSA) is 77.2 Å². The van der Waals surface area contributed by atoms with Crippen LogP contribution < -0.4 is 15.8 Å². The number of pyridine rings is 1. The molecule has 152 valence electrons. The summed E-state index contributed by atoms with van der Waals surface area (Å²) in [5.41, 5.74) is 10.3. The number of aryl methyl sites for hydroxylation is 1. The van der Waals surface area contributed by atoms with Gasteiger partial charge in [0.15, 0.2) is 0 Å². The molecule has 1 amide bonds. The second-order valence-electron chi connectivity index (χ2n) is 7.53. The predicted octanol–water partition coefficient (Wildman–Crippen LogP) is 4.69. The van der Waals surface area contributed by atoms with E-state index < -0.39 is 5.41 Å². The van der Waals surface area contributed by atoms with Crippen LogP contribution in [0.15, 0.2) is 60.7 Å². The van der Waals surface area contributed by atoms with Gasteiger partial charge in [-0.15, -0.1) is 0 Å². The molecule has 1 heterocycles. The number of carbonyl (C=O) groups excluding carboxylic acids is 1. The molecule has 2 aromatic carbocycles. The van der Waals surface area contributed by atoms with Crippen LogP contribution in [0.3, 0.4) is 0 Å². The number of nitrogens with one attached hydrogen (secondary N) is 1. The van der Waals surface area contributed by atoms with Crippen molar-refractivity contribution >= 4 is 11.7 Å². The van der Waals surface area contributed by atoms with Crippen molar-refractivity contribution in [2.75, 3.05) is 12.4 Å². The van der Waals surface area contributed by atoms with Crippen molar-refractivity contribution in [2.24, 2.45) is 5.73 Å². The van der Waals surface area contributed by atoms with Crippen LogP contribution in [-0.4, -0.2) is 18.0 Å². The maximum absolute atomic E-state index is 13.1. The largest absolute Gasteiger partial charge is 0.497 e. The Kier molecular flexibility index (Phi) is 5.07. The van der Waals surface area contributed by atoms with E-state index in [9.17, 15) is 4.79 Å². The van der Waals surface area contributed by atoms with E-state index in [1.807, 2.05) is 67.6 Å². The van der Waals surface area contributed by atoms with Crippen LogP contribution >= 0.6 is 0 Å². The summed E-state index contributed by atoms with van der Waals surface area (Å²) in [5, 5.41) is 3.03. The molecule has 29 heavy (non-hydrogen) atoms. The van der Waals surface area contributed by atoms with E-state index >= 15 is 0 Å². The molecule has 1 aromatic heterocycles. The fourth-order valence-electron chi connectivity index (χ4n) is 3.65. The van der Waals surface area contributed by atoms with Gasteiger partial charge in [-0.05, 0) is 60.7 Å². The first kappa shape index (κ1) is 19.2. The molecule has 1 fully saturated rings. The average Bonchev–Trinajstić information content (AvgIpc) is 3.57. The molecule has 0 spiro atoms. The summed E-state index contributed by atoms with van der Waals surface area (Å²) in [4.78, 5) is 17.8. The number of carbonyl (C=O) groups is 1. The quantitative estimate of drug-likeness (QED) is 0.639. The van der Waals surface area contributed by atoms with Gasteiger partial charge in [0.25, 0.3) is 0 Å². The summed E-state index contributed by atoms with van der Waals surface area (Å²) in [6, 6.07) is 19.6. The Balaban J connectivity index is 0.00000171. The van der Waals surface area contributed by atoms with Gasteiger partial charge in [-0.1, -0.05) is 36.4 Å². The molecule has 0 radical (unpaired) electrons. The number of hydrogen-bond donors (Lipinski definition) is 2. The van der Waals surface area contributed by atoms with Crippen molar-refractivity contribution in [3.05, 3.63) is 77.4 Å². The number of nitrogens with zero attached hydrogens (tertiary/aromatic N) is 1. The molecule has 0 atom stereocenters. The number of anilines is 1. The lowest BCUT2D eigenvalue weighted by Gasteiger charge is -2.17. The van der Waals surface area contributed by atoms with Crippen LogP contribution in [-0.2, 0) is 16.8 Å². The molecule has 1 saturated carbocycles. The molecular weight excluding hydrogens is 362 g/mol. The lowest BCUT2D eigenvalue weighted by molar-refractivity contribution is -0.118. The minimum absolute atomic E-state index is 0. The van der Waals surface area contributed by atoms with E-state index in [2.05, 4.69) is 5.32 Å². The summed E-state index contributed by atoms with van der Waals surface area (Å²) >= 11 is 0. The predicted molar refractivity (Wildman–Crippen MR) is 119 cm³/mol. The molecule has 3 N–H and O–H groups in total. The standard InChI is InChI=1S/C24H25N3O2.2H2/c1-16-6-11-21(26-22(16)18-5-3-4-17(14-18)15-25)27-23(28)24(12-13-24)19-7-9-20(29-2)10-8-19;;/h3-11,14H,12-13,15,25H2,1-2H3,(H,26,27,28);2*1H. The first-order chi connectivity index (χ1) is 14.1. The highest BCUT2D eigenvalue weighted by atomic mass is 16.5. The van der Waals surface area contributed by atoms with Gasteiger partial charge in [0.1, 0.15) is 11.6 Å². The normalized spacial score (nSPS) is 14.3. The number of amides is 1. The number of benzene rings is 2. The van der Waals surface area contributed by atoms with Crippen LogP contribution in [0, 0.1) is 6.92 Å². The summed E-state index contributed by atoms with van der Waals surface area (Å²) < 4.78 is 5.22. The van der Waals surface area contributed by atoms with E-state index in [0.29, 0.717) is 12.4 Å². The zero-order chi connectivity index (χ0) is 20.4. The molecule has 0 unspecified atom stereocenters. The lowest BCUT2D eigenvalue weighted by atomic mass is 9.95. The summed E-state index contributed by atoms with van der Waals surface area (Å²) in [6.07, 6.45) is 1.67.